The summed E-state index contributed by atoms with van der Waals surface area (Å²) < 4.78 is 32.0. The van der Waals surface area contributed by atoms with Crippen LogP contribution in [-0.4, -0.2) is 32.6 Å². The van der Waals surface area contributed by atoms with Crippen LogP contribution < -0.4 is 10.5 Å². The van der Waals surface area contributed by atoms with E-state index in [1.807, 2.05) is 0 Å². The molecule has 0 aromatic heterocycles. The monoisotopic (exact) mass is 315 g/mol. The van der Waals surface area contributed by atoms with E-state index in [1.54, 1.807) is 0 Å². The first-order valence-electron chi connectivity index (χ1n) is 6.55. The van der Waals surface area contributed by atoms with Gasteiger partial charge in [-0.2, -0.15) is 0 Å². The van der Waals surface area contributed by atoms with E-state index in [-0.39, 0.29) is 23.2 Å². The average Bonchev–Trinajstić information content (AvgIpc) is 2.91. The smallest absolute Gasteiger partial charge is 0.293 e. The predicted octanol–water partition coefficient (Wildman–Crippen LogP) is 1.02. The number of sulfonamides is 1. The molecule has 0 spiro atoms. The first kappa shape index (κ1) is 15.7. The van der Waals surface area contributed by atoms with Gasteiger partial charge < -0.3 is 10.5 Å². The Morgan fingerprint density at radius 2 is 2.24 bits per heavy atom. The van der Waals surface area contributed by atoms with E-state index in [1.165, 1.54) is 12.1 Å². The van der Waals surface area contributed by atoms with Crippen molar-refractivity contribution >= 4 is 21.4 Å². The molecule has 0 bridgehead atoms. The Bertz CT molecular complexity index is 626. The molecule has 21 heavy (non-hydrogen) atoms. The number of nitro benzene ring substituents is 1. The highest BCUT2D eigenvalue weighted by Gasteiger charge is 2.21. The molecule has 0 radical (unpaired) electrons. The van der Waals surface area contributed by atoms with Crippen LogP contribution in [0.25, 0.3) is 0 Å². The lowest BCUT2D eigenvalue weighted by Gasteiger charge is -2.10. The molecule has 0 saturated carbocycles. The normalized spacial score (nSPS) is 18.8. The van der Waals surface area contributed by atoms with Crippen LogP contribution in [-0.2, 0) is 14.8 Å². The summed E-state index contributed by atoms with van der Waals surface area (Å²) in [5.41, 5.74) is 4.95. The number of ether oxygens (including phenoxy) is 1. The summed E-state index contributed by atoms with van der Waals surface area (Å²) in [4.78, 5) is 9.90. The molecule has 1 atom stereocenters. The molecule has 8 nitrogen and oxygen atoms in total. The molecule has 0 amide bonds. The molecular formula is C12H17N3O5S. The number of nitrogens with zero attached hydrogens (tertiary/aromatic N) is 1. The molecule has 9 heteroatoms. The summed E-state index contributed by atoms with van der Waals surface area (Å²) in [6.07, 6.45) is 2.57. The molecule has 1 aromatic rings. The molecule has 2 rings (SSSR count). The highest BCUT2D eigenvalue weighted by Crippen LogP contribution is 2.24. The van der Waals surface area contributed by atoms with Crippen molar-refractivity contribution in [1.82, 2.24) is 4.72 Å². The van der Waals surface area contributed by atoms with Crippen molar-refractivity contribution in [1.29, 1.82) is 0 Å². The van der Waals surface area contributed by atoms with Crippen molar-refractivity contribution in [2.24, 2.45) is 0 Å². The SMILES string of the molecule is Nc1ccc(S(=O)(=O)NCCC2CCCO2)cc1[N+](=O)[O-]. The van der Waals surface area contributed by atoms with Crippen molar-refractivity contribution in [3.05, 3.63) is 28.3 Å². The molecule has 0 aliphatic carbocycles. The maximum atomic E-state index is 12.1. The first-order chi connectivity index (χ1) is 9.90. The number of nitrogen functional groups attached to an aromatic ring is 1. The fourth-order valence-electron chi connectivity index (χ4n) is 2.16. The van der Waals surface area contributed by atoms with Crippen LogP contribution in [0.3, 0.4) is 0 Å². The number of hydrogen-bond donors (Lipinski definition) is 2. The summed E-state index contributed by atoms with van der Waals surface area (Å²) >= 11 is 0. The Morgan fingerprint density at radius 3 is 2.86 bits per heavy atom. The second kappa shape index (κ2) is 6.37. The van der Waals surface area contributed by atoms with Gasteiger partial charge in [0, 0.05) is 19.2 Å². The van der Waals surface area contributed by atoms with Gasteiger partial charge in [-0.3, -0.25) is 10.1 Å². The maximum Gasteiger partial charge on any atom is 0.293 e. The average molecular weight is 315 g/mol. The zero-order valence-electron chi connectivity index (χ0n) is 11.3. The largest absolute Gasteiger partial charge is 0.393 e. The van der Waals surface area contributed by atoms with Gasteiger partial charge in [0.2, 0.25) is 10.0 Å². The number of nitrogens with one attached hydrogen (secondary N) is 1. The highest BCUT2D eigenvalue weighted by molar-refractivity contribution is 7.89. The number of hydrogen-bond acceptors (Lipinski definition) is 6. The number of rotatable bonds is 6. The minimum Gasteiger partial charge on any atom is -0.393 e. The molecule has 3 N–H and O–H groups in total. The van der Waals surface area contributed by atoms with Crippen molar-refractivity contribution in [2.75, 3.05) is 18.9 Å². The third kappa shape index (κ3) is 3.90. The minimum atomic E-state index is -3.79. The van der Waals surface area contributed by atoms with E-state index in [9.17, 15) is 18.5 Å². The zero-order valence-corrected chi connectivity index (χ0v) is 12.1. The summed E-state index contributed by atoms with van der Waals surface area (Å²) in [6, 6.07) is 3.42. The second-order valence-corrected chi connectivity index (χ2v) is 6.57. The van der Waals surface area contributed by atoms with Gasteiger partial charge in [0.15, 0.2) is 0 Å². The Balaban J connectivity index is 2.04. The Kier molecular flexibility index (Phi) is 4.76. The van der Waals surface area contributed by atoms with Crippen molar-refractivity contribution in [3.8, 4) is 0 Å². The van der Waals surface area contributed by atoms with Crippen molar-refractivity contribution < 1.29 is 18.1 Å². The van der Waals surface area contributed by atoms with Crippen LogP contribution in [0.5, 0.6) is 0 Å². The van der Waals surface area contributed by atoms with Crippen molar-refractivity contribution in [2.45, 2.75) is 30.3 Å². The zero-order chi connectivity index (χ0) is 15.5. The number of nitrogens with two attached hydrogens (primary N) is 1. The molecule has 116 valence electrons. The lowest BCUT2D eigenvalue weighted by atomic mass is 10.2. The van der Waals surface area contributed by atoms with E-state index in [4.69, 9.17) is 10.5 Å². The molecule has 1 heterocycles. The first-order valence-corrected chi connectivity index (χ1v) is 8.03. The Morgan fingerprint density at radius 1 is 1.48 bits per heavy atom. The van der Waals surface area contributed by atoms with Gasteiger partial charge in [-0.1, -0.05) is 0 Å². The second-order valence-electron chi connectivity index (χ2n) is 4.80. The molecular weight excluding hydrogens is 298 g/mol. The Hall–Kier alpha value is -1.71. The fraction of sp³-hybridized carbons (Fsp3) is 0.500. The van der Waals surface area contributed by atoms with E-state index >= 15 is 0 Å². The predicted molar refractivity (Wildman–Crippen MR) is 76.3 cm³/mol. The number of anilines is 1. The Labute approximate surface area is 122 Å². The van der Waals surface area contributed by atoms with Crippen LogP contribution in [0.1, 0.15) is 19.3 Å². The van der Waals surface area contributed by atoms with E-state index < -0.39 is 20.6 Å². The third-order valence-corrected chi connectivity index (χ3v) is 4.75. The molecule has 1 aliphatic rings. The third-order valence-electron chi connectivity index (χ3n) is 3.29. The van der Waals surface area contributed by atoms with E-state index in [2.05, 4.69) is 4.72 Å². The molecule has 1 fully saturated rings. The fourth-order valence-corrected chi connectivity index (χ4v) is 3.23. The van der Waals surface area contributed by atoms with E-state index in [0.717, 1.165) is 18.9 Å². The summed E-state index contributed by atoms with van der Waals surface area (Å²) in [6.45, 7) is 0.937. The quantitative estimate of drug-likeness (QED) is 0.459. The number of benzene rings is 1. The molecule has 1 saturated heterocycles. The van der Waals surface area contributed by atoms with Gasteiger partial charge in [-0.05, 0) is 31.4 Å². The van der Waals surface area contributed by atoms with Crippen LogP contribution in [0.2, 0.25) is 0 Å². The van der Waals surface area contributed by atoms with E-state index in [0.29, 0.717) is 13.0 Å². The lowest BCUT2D eigenvalue weighted by molar-refractivity contribution is -0.384. The van der Waals surface area contributed by atoms with Gasteiger partial charge >= 0.3 is 0 Å². The van der Waals surface area contributed by atoms with Crippen LogP contribution >= 0.6 is 0 Å². The van der Waals surface area contributed by atoms with Crippen LogP contribution in [0.4, 0.5) is 11.4 Å². The lowest BCUT2D eigenvalue weighted by Crippen LogP contribution is -2.27. The molecule has 1 aliphatic heterocycles. The summed E-state index contributed by atoms with van der Waals surface area (Å²) in [5, 5.41) is 10.8. The minimum absolute atomic E-state index is 0.0710. The highest BCUT2D eigenvalue weighted by atomic mass is 32.2. The van der Waals surface area contributed by atoms with Crippen LogP contribution in [0.15, 0.2) is 23.1 Å². The van der Waals surface area contributed by atoms with Gasteiger partial charge in [0.05, 0.1) is 15.9 Å². The summed E-state index contributed by atoms with van der Waals surface area (Å²) in [7, 11) is -3.79. The van der Waals surface area contributed by atoms with Crippen molar-refractivity contribution in [3.63, 3.8) is 0 Å². The van der Waals surface area contributed by atoms with Gasteiger partial charge in [0.25, 0.3) is 5.69 Å². The number of nitro groups is 1. The van der Waals surface area contributed by atoms with Gasteiger partial charge in [-0.25, -0.2) is 13.1 Å². The molecule has 1 unspecified atom stereocenters. The standard InChI is InChI=1S/C12H17N3O5S/c13-11-4-3-10(8-12(11)15(16)17)21(18,19)14-6-5-9-2-1-7-20-9/h3-4,8-9,14H,1-2,5-7,13H2. The van der Waals surface area contributed by atoms with Gasteiger partial charge in [-0.15, -0.1) is 0 Å². The van der Waals surface area contributed by atoms with Gasteiger partial charge in [0.1, 0.15) is 5.69 Å². The topological polar surface area (TPSA) is 125 Å². The maximum absolute atomic E-state index is 12.1. The summed E-state index contributed by atoms with van der Waals surface area (Å²) in [5.74, 6) is 0. The molecule has 1 aromatic carbocycles. The van der Waals surface area contributed by atoms with Crippen LogP contribution in [0, 0.1) is 10.1 Å².